The summed E-state index contributed by atoms with van der Waals surface area (Å²) in [4.78, 5) is 44.9. The lowest BCUT2D eigenvalue weighted by Crippen LogP contribution is -2.31. The zero-order valence-electron chi connectivity index (χ0n) is 17.6. The molecule has 0 bridgehead atoms. The SMILES string of the molecule is COc1ccccc1C1C(C(=O)C2CC2)C(=O)C(=O)N1c1ccc(-c2noc(C)n2)cc1. The largest absolute Gasteiger partial charge is 0.496 e. The quantitative estimate of drug-likeness (QED) is 0.436. The number of hydrogen-bond donors (Lipinski definition) is 0. The van der Waals surface area contributed by atoms with Gasteiger partial charge in [-0.25, -0.2) is 0 Å². The van der Waals surface area contributed by atoms with Crippen molar-refractivity contribution >= 4 is 23.2 Å². The first kappa shape index (κ1) is 20.1. The third-order valence-electron chi connectivity index (χ3n) is 5.98. The smallest absolute Gasteiger partial charge is 0.295 e. The lowest BCUT2D eigenvalue weighted by Gasteiger charge is -2.28. The molecule has 1 aliphatic heterocycles. The van der Waals surface area contributed by atoms with Gasteiger partial charge < -0.3 is 9.26 Å². The first-order valence-electron chi connectivity index (χ1n) is 10.4. The minimum Gasteiger partial charge on any atom is -0.496 e. The molecule has 32 heavy (non-hydrogen) atoms. The van der Waals surface area contributed by atoms with E-state index in [4.69, 9.17) is 9.26 Å². The molecule has 1 amide bonds. The summed E-state index contributed by atoms with van der Waals surface area (Å²) in [5.74, 6) is -1.33. The lowest BCUT2D eigenvalue weighted by molar-refractivity contribution is -0.139. The fraction of sp³-hybridized carbons (Fsp3) is 0.292. The van der Waals surface area contributed by atoms with E-state index in [1.54, 1.807) is 43.3 Å². The standard InChI is InChI=1S/C24H21N3O5/c1-13-25-23(26-32-13)15-9-11-16(12-10-15)27-20(17-5-3-4-6-18(17)31-2)19(22(29)24(27)30)21(28)14-7-8-14/h3-6,9-12,14,19-20H,7-8H2,1-2H3. The van der Waals surface area contributed by atoms with E-state index >= 15 is 0 Å². The molecule has 1 aromatic heterocycles. The molecule has 0 N–H and O–H groups in total. The predicted octanol–water partition coefficient (Wildman–Crippen LogP) is 3.31. The monoisotopic (exact) mass is 431 g/mol. The minimum atomic E-state index is -1.05. The number of carbonyl (C=O) groups excluding carboxylic acids is 3. The number of aryl methyl sites for hydroxylation is 1. The maximum absolute atomic E-state index is 13.1. The third-order valence-corrected chi connectivity index (χ3v) is 5.98. The molecule has 5 rings (SSSR count). The molecular weight excluding hydrogens is 410 g/mol. The summed E-state index contributed by atoms with van der Waals surface area (Å²) >= 11 is 0. The molecule has 0 spiro atoms. The lowest BCUT2D eigenvalue weighted by atomic mass is 9.87. The normalized spacial score (nSPS) is 20.6. The molecule has 162 valence electrons. The summed E-state index contributed by atoms with van der Waals surface area (Å²) in [6, 6.07) is 13.4. The van der Waals surface area contributed by atoms with Gasteiger partial charge >= 0.3 is 0 Å². The number of ether oxygens (including phenoxy) is 1. The molecule has 2 heterocycles. The zero-order valence-corrected chi connectivity index (χ0v) is 17.6. The molecule has 8 nitrogen and oxygen atoms in total. The van der Waals surface area contributed by atoms with Crippen LogP contribution in [0.5, 0.6) is 5.75 Å². The third kappa shape index (κ3) is 3.28. The Morgan fingerprint density at radius 2 is 1.81 bits per heavy atom. The Kier molecular flexibility index (Phi) is 4.84. The number of aromatic nitrogens is 2. The van der Waals surface area contributed by atoms with E-state index in [0.29, 0.717) is 34.3 Å². The molecule has 3 aromatic rings. The average Bonchev–Trinajstić information content (AvgIpc) is 3.53. The Balaban J connectivity index is 1.59. The van der Waals surface area contributed by atoms with E-state index < -0.39 is 23.7 Å². The Morgan fingerprint density at radius 3 is 2.44 bits per heavy atom. The van der Waals surface area contributed by atoms with Crippen LogP contribution in [0.3, 0.4) is 0 Å². The number of carbonyl (C=O) groups is 3. The van der Waals surface area contributed by atoms with Crippen LogP contribution in [0.15, 0.2) is 53.1 Å². The second kappa shape index (κ2) is 7.71. The fourth-order valence-electron chi connectivity index (χ4n) is 4.27. The Morgan fingerprint density at radius 1 is 1.09 bits per heavy atom. The number of hydrogen-bond acceptors (Lipinski definition) is 7. The number of nitrogens with zero attached hydrogens (tertiary/aromatic N) is 3. The van der Waals surface area contributed by atoms with E-state index in [0.717, 1.165) is 12.8 Å². The summed E-state index contributed by atoms with van der Waals surface area (Å²) in [7, 11) is 1.53. The van der Waals surface area contributed by atoms with Gasteiger partial charge in [0, 0.05) is 29.7 Å². The molecule has 2 aromatic carbocycles. The van der Waals surface area contributed by atoms with Crippen molar-refractivity contribution in [2.75, 3.05) is 12.0 Å². The van der Waals surface area contributed by atoms with Crippen LogP contribution in [0.2, 0.25) is 0 Å². The number of rotatable bonds is 6. The van der Waals surface area contributed by atoms with Crippen LogP contribution in [0.25, 0.3) is 11.4 Å². The van der Waals surface area contributed by atoms with Gasteiger partial charge in [0.2, 0.25) is 17.5 Å². The Labute approximate surface area is 184 Å². The maximum Gasteiger partial charge on any atom is 0.295 e. The second-order valence-corrected chi connectivity index (χ2v) is 8.06. The van der Waals surface area contributed by atoms with Gasteiger partial charge in [-0.15, -0.1) is 0 Å². The van der Waals surface area contributed by atoms with Crippen molar-refractivity contribution in [1.82, 2.24) is 10.1 Å². The van der Waals surface area contributed by atoms with Crippen LogP contribution in [-0.4, -0.2) is 34.7 Å². The van der Waals surface area contributed by atoms with Crippen LogP contribution in [-0.2, 0) is 14.4 Å². The van der Waals surface area contributed by atoms with Gasteiger partial charge in [-0.05, 0) is 43.2 Å². The molecule has 1 aliphatic carbocycles. The predicted molar refractivity (Wildman–Crippen MR) is 114 cm³/mol. The van der Waals surface area contributed by atoms with Gasteiger partial charge in [0.1, 0.15) is 17.5 Å². The molecule has 2 atom stereocenters. The van der Waals surface area contributed by atoms with Crippen LogP contribution < -0.4 is 9.64 Å². The topological polar surface area (TPSA) is 103 Å². The van der Waals surface area contributed by atoms with Gasteiger partial charge in [0.15, 0.2) is 0 Å². The number of methoxy groups -OCH3 is 1. The summed E-state index contributed by atoms with van der Waals surface area (Å²) in [5.41, 5.74) is 1.85. The summed E-state index contributed by atoms with van der Waals surface area (Å²) < 4.78 is 10.5. The van der Waals surface area contributed by atoms with Gasteiger partial charge in [0.05, 0.1) is 13.2 Å². The first-order chi connectivity index (χ1) is 15.5. The highest BCUT2D eigenvalue weighted by Gasteiger charge is 2.55. The van der Waals surface area contributed by atoms with E-state index in [1.807, 2.05) is 12.1 Å². The number of amides is 1. The zero-order chi connectivity index (χ0) is 22.4. The summed E-state index contributed by atoms with van der Waals surface area (Å²) in [6.45, 7) is 1.70. The van der Waals surface area contributed by atoms with Crippen molar-refractivity contribution in [3.8, 4) is 17.1 Å². The van der Waals surface area contributed by atoms with Crippen LogP contribution in [0.1, 0.15) is 30.3 Å². The van der Waals surface area contributed by atoms with E-state index in [1.165, 1.54) is 12.0 Å². The molecular formula is C24H21N3O5. The van der Waals surface area contributed by atoms with Crippen molar-refractivity contribution in [2.24, 2.45) is 11.8 Å². The number of anilines is 1. The molecule has 2 fully saturated rings. The molecule has 1 saturated heterocycles. The molecule has 2 unspecified atom stereocenters. The summed E-state index contributed by atoms with van der Waals surface area (Å²) in [5, 5.41) is 3.91. The van der Waals surface area contributed by atoms with Gasteiger partial charge in [-0.2, -0.15) is 4.98 Å². The van der Waals surface area contributed by atoms with Crippen molar-refractivity contribution in [2.45, 2.75) is 25.8 Å². The van der Waals surface area contributed by atoms with Crippen molar-refractivity contribution in [1.29, 1.82) is 0 Å². The number of para-hydroxylation sites is 1. The van der Waals surface area contributed by atoms with Gasteiger partial charge in [-0.3, -0.25) is 19.3 Å². The minimum absolute atomic E-state index is 0.155. The second-order valence-electron chi connectivity index (χ2n) is 8.06. The van der Waals surface area contributed by atoms with Crippen molar-refractivity contribution < 1.29 is 23.6 Å². The number of benzene rings is 2. The van der Waals surface area contributed by atoms with Crippen molar-refractivity contribution in [3.63, 3.8) is 0 Å². The van der Waals surface area contributed by atoms with E-state index in [9.17, 15) is 14.4 Å². The molecule has 8 heteroatoms. The Hall–Kier alpha value is -3.81. The highest BCUT2D eigenvalue weighted by molar-refractivity contribution is 6.48. The highest BCUT2D eigenvalue weighted by atomic mass is 16.5. The molecule has 1 saturated carbocycles. The average molecular weight is 431 g/mol. The maximum atomic E-state index is 13.1. The fourth-order valence-corrected chi connectivity index (χ4v) is 4.27. The number of Topliss-reactive ketones (excluding diaryl/α,β-unsaturated/α-hetero) is 2. The van der Waals surface area contributed by atoms with Gasteiger partial charge in [0.25, 0.3) is 5.91 Å². The number of ketones is 2. The highest BCUT2D eigenvalue weighted by Crippen LogP contribution is 2.46. The van der Waals surface area contributed by atoms with E-state index in [-0.39, 0.29) is 11.7 Å². The van der Waals surface area contributed by atoms with Crippen LogP contribution in [0.4, 0.5) is 5.69 Å². The molecule has 2 aliphatic rings. The molecule has 0 radical (unpaired) electrons. The van der Waals surface area contributed by atoms with Gasteiger partial charge in [-0.1, -0.05) is 23.4 Å². The first-order valence-corrected chi connectivity index (χ1v) is 10.4. The van der Waals surface area contributed by atoms with E-state index in [2.05, 4.69) is 10.1 Å². The summed E-state index contributed by atoms with van der Waals surface area (Å²) in [6.07, 6.45) is 1.52. The Bertz CT molecular complexity index is 1210. The van der Waals surface area contributed by atoms with Crippen LogP contribution >= 0.6 is 0 Å². The van der Waals surface area contributed by atoms with Crippen molar-refractivity contribution in [3.05, 3.63) is 60.0 Å². The van der Waals surface area contributed by atoms with Crippen LogP contribution in [0, 0.1) is 18.8 Å².